The van der Waals surface area contributed by atoms with Gasteiger partial charge in [-0.15, -0.1) is 0 Å². The highest BCUT2D eigenvalue weighted by atomic mass is 32.2. The molecule has 0 bridgehead atoms. The summed E-state index contributed by atoms with van der Waals surface area (Å²) >= 11 is 1.20. The zero-order valence-electron chi connectivity index (χ0n) is 12.9. The SMILES string of the molecule is COC(=O)c1ccc(N2CC(CSC(C)=O)CC2=O)c(C#N)c1. The fourth-order valence-corrected chi connectivity index (χ4v) is 3.16. The number of hydrogen-bond donors (Lipinski definition) is 0. The van der Waals surface area contributed by atoms with Gasteiger partial charge in [0, 0.05) is 25.6 Å². The molecule has 1 aromatic rings. The van der Waals surface area contributed by atoms with Gasteiger partial charge in [-0.25, -0.2) is 4.79 Å². The standard InChI is InChI=1S/C16H16N2O4S/c1-10(19)23-9-11-5-15(20)18(8-11)14-4-3-12(16(21)22-2)6-13(14)7-17/h3-4,6,11H,5,8-9H2,1-2H3. The largest absolute Gasteiger partial charge is 0.465 e. The Bertz CT molecular complexity index is 696. The number of carbonyl (C=O) groups is 3. The van der Waals surface area contributed by atoms with Crippen molar-refractivity contribution in [3.05, 3.63) is 29.3 Å². The van der Waals surface area contributed by atoms with E-state index in [-0.39, 0.29) is 28.1 Å². The topological polar surface area (TPSA) is 87.5 Å². The Morgan fingerprint density at radius 1 is 1.48 bits per heavy atom. The second-order valence-electron chi connectivity index (χ2n) is 5.21. The van der Waals surface area contributed by atoms with E-state index in [9.17, 15) is 19.6 Å². The van der Waals surface area contributed by atoms with Crippen LogP contribution >= 0.6 is 11.8 Å². The number of carbonyl (C=O) groups excluding carboxylic acids is 3. The number of hydrogen-bond acceptors (Lipinski definition) is 6. The van der Waals surface area contributed by atoms with Crippen LogP contribution in [0.2, 0.25) is 0 Å². The van der Waals surface area contributed by atoms with Crippen LogP contribution in [0.4, 0.5) is 5.69 Å². The van der Waals surface area contributed by atoms with E-state index in [0.717, 1.165) is 0 Å². The summed E-state index contributed by atoms with van der Waals surface area (Å²) in [6, 6.07) is 6.56. The number of methoxy groups -OCH3 is 1. The number of ether oxygens (including phenoxy) is 1. The van der Waals surface area contributed by atoms with Gasteiger partial charge in [-0.05, 0) is 24.1 Å². The second-order valence-corrected chi connectivity index (χ2v) is 6.41. The molecular formula is C16H16N2O4S. The van der Waals surface area contributed by atoms with Crippen LogP contribution in [0.15, 0.2) is 18.2 Å². The molecule has 0 aromatic heterocycles. The summed E-state index contributed by atoms with van der Waals surface area (Å²) in [6.07, 6.45) is 0.351. The molecule has 2 rings (SSSR count). The Kier molecular flexibility index (Phi) is 5.40. The van der Waals surface area contributed by atoms with Gasteiger partial charge in [0.05, 0.1) is 23.9 Å². The van der Waals surface area contributed by atoms with Crippen molar-refractivity contribution in [2.24, 2.45) is 5.92 Å². The number of esters is 1. The molecule has 1 amide bonds. The fourth-order valence-electron chi connectivity index (χ4n) is 2.47. The Hall–Kier alpha value is -2.33. The summed E-state index contributed by atoms with van der Waals surface area (Å²) in [6.45, 7) is 1.96. The Balaban J connectivity index is 2.21. The first-order valence-electron chi connectivity index (χ1n) is 7.02. The van der Waals surface area contributed by atoms with Gasteiger partial charge < -0.3 is 9.64 Å². The molecular weight excluding hydrogens is 316 g/mol. The monoisotopic (exact) mass is 332 g/mol. The van der Waals surface area contributed by atoms with E-state index in [4.69, 9.17) is 0 Å². The molecule has 1 unspecified atom stereocenters. The van der Waals surface area contributed by atoms with Crippen LogP contribution in [0.5, 0.6) is 0 Å². The van der Waals surface area contributed by atoms with E-state index >= 15 is 0 Å². The number of rotatable bonds is 4. The van der Waals surface area contributed by atoms with Gasteiger partial charge in [-0.3, -0.25) is 9.59 Å². The Morgan fingerprint density at radius 2 is 2.22 bits per heavy atom. The van der Waals surface area contributed by atoms with Crippen molar-refractivity contribution >= 4 is 34.4 Å². The summed E-state index contributed by atoms with van der Waals surface area (Å²) in [4.78, 5) is 36.3. The van der Waals surface area contributed by atoms with E-state index in [1.54, 1.807) is 11.0 Å². The molecule has 1 heterocycles. The zero-order valence-corrected chi connectivity index (χ0v) is 13.7. The summed E-state index contributed by atoms with van der Waals surface area (Å²) in [5.74, 6) is 0.0425. The lowest BCUT2D eigenvalue weighted by atomic mass is 10.1. The lowest BCUT2D eigenvalue weighted by Gasteiger charge is -2.18. The van der Waals surface area contributed by atoms with E-state index in [1.807, 2.05) is 6.07 Å². The van der Waals surface area contributed by atoms with Crippen LogP contribution in [0.3, 0.4) is 0 Å². The summed E-state index contributed by atoms with van der Waals surface area (Å²) in [5.41, 5.74) is 1.00. The first-order chi connectivity index (χ1) is 11.0. The maximum atomic E-state index is 12.2. The van der Waals surface area contributed by atoms with E-state index in [1.165, 1.54) is 37.9 Å². The highest BCUT2D eigenvalue weighted by Gasteiger charge is 2.32. The van der Waals surface area contributed by atoms with E-state index in [0.29, 0.717) is 24.4 Å². The predicted octanol–water partition coefficient (Wildman–Crippen LogP) is 1.98. The van der Waals surface area contributed by atoms with Crippen molar-refractivity contribution in [2.45, 2.75) is 13.3 Å². The minimum atomic E-state index is -0.531. The van der Waals surface area contributed by atoms with Gasteiger partial charge in [0.15, 0.2) is 5.12 Å². The van der Waals surface area contributed by atoms with Gasteiger partial charge in [0.25, 0.3) is 0 Å². The molecule has 1 atom stereocenters. The average Bonchev–Trinajstić information content (AvgIpc) is 2.92. The van der Waals surface area contributed by atoms with Crippen molar-refractivity contribution in [3.63, 3.8) is 0 Å². The maximum absolute atomic E-state index is 12.2. The molecule has 7 heteroatoms. The number of nitriles is 1. The molecule has 23 heavy (non-hydrogen) atoms. The predicted molar refractivity (Wildman–Crippen MR) is 86.1 cm³/mol. The molecule has 0 saturated carbocycles. The Morgan fingerprint density at radius 3 is 2.83 bits per heavy atom. The molecule has 120 valence electrons. The van der Waals surface area contributed by atoms with Gasteiger partial charge in [0.1, 0.15) is 6.07 Å². The normalized spacial score (nSPS) is 17.0. The zero-order chi connectivity index (χ0) is 17.0. The van der Waals surface area contributed by atoms with E-state index < -0.39 is 5.97 Å². The Labute approximate surface area is 138 Å². The van der Waals surface area contributed by atoms with Crippen LogP contribution in [-0.4, -0.2) is 36.4 Å². The number of nitrogens with zero attached hydrogens (tertiary/aromatic N) is 2. The third kappa shape index (κ3) is 3.90. The fraction of sp³-hybridized carbons (Fsp3) is 0.375. The number of benzene rings is 1. The minimum absolute atomic E-state index is 0.0241. The molecule has 6 nitrogen and oxygen atoms in total. The first-order valence-corrected chi connectivity index (χ1v) is 8.01. The van der Waals surface area contributed by atoms with Gasteiger partial charge in [0.2, 0.25) is 5.91 Å². The van der Waals surface area contributed by atoms with Crippen LogP contribution in [-0.2, 0) is 14.3 Å². The van der Waals surface area contributed by atoms with Crippen molar-refractivity contribution in [1.82, 2.24) is 0 Å². The number of amides is 1. The molecule has 0 N–H and O–H groups in total. The molecule has 1 aromatic carbocycles. The van der Waals surface area contributed by atoms with Gasteiger partial charge in [-0.2, -0.15) is 5.26 Å². The summed E-state index contributed by atoms with van der Waals surface area (Å²) in [5, 5.41) is 9.32. The first kappa shape index (κ1) is 17.0. The summed E-state index contributed by atoms with van der Waals surface area (Å²) < 4.78 is 4.63. The molecule has 1 aliphatic rings. The lowest BCUT2D eigenvalue weighted by Crippen LogP contribution is -2.25. The minimum Gasteiger partial charge on any atom is -0.465 e. The van der Waals surface area contributed by atoms with Crippen molar-refractivity contribution in [3.8, 4) is 6.07 Å². The molecule has 1 saturated heterocycles. The van der Waals surface area contributed by atoms with Crippen LogP contribution in [0.25, 0.3) is 0 Å². The van der Waals surface area contributed by atoms with Crippen molar-refractivity contribution < 1.29 is 19.1 Å². The maximum Gasteiger partial charge on any atom is 0.337 e. The van der Waals surface area contributed by atoms with Crippen molar-refractivity contribution in [2.75, 3.05) is 24.3 Å². The second kappa shape index (κ2) is 7.29. The third-order valence-corrected chi connectivity index (χ3v) is 4.60. The molecule has 1 fully saturated rings. The van der Waals surface area contributed by atoms with Gasteiger partial charge >= 0.3 is 5.97 Å². The number of thioether (sulfide) groups is 1. The molecule has 1 aliphatic heterocycles. The van der Waals surface area contributed by atoms with E-state index in [2.05, 4.69) is 4.74 Å². The molecule has 0 radical (unpaired) electrons. The third-order valence-electron chi connectivity index (χ3n) is 3.56. The van der Waals surface area contributed by atoms with Crippen LogP contribution in [0, 0.1) is 17.2 Å². The van der Waals surface area contributed by atoms with Crippen LogP contribution < -0.4 is 4.90 Å². The van der Waals surface area contributed by atoms with Crippen LogP contribution in [0.1, 0.15) is 29.3 Å². The summed E-state index contributed by atoms with van der Waals surface area (Å²) in [7, 11) is 1.27. The quantitative estimate of drug-likeness (QED) is 0.784. The van der Waals surface area contributed by atoms with Crippen molar-refractivity contribution in [1.29, 1.82) is 5.26 Å². The smallest absolute Gasteiger partial charge is 0.337 e. The highest BCUT2D eigenvalue weighted by Crippen LogP contribution is 2.30. The molecule has 0 aliphatic carbocycles. The number of anilines is 1. The highest BCUT2D eigenvalue weighted by molar-refractivity contribution is 8.13. The lowest BCUT2D eigenvalue weighted by molar-refractivity contribution is -0.117. The average molecular weight is 332 g/mol. The van der Waals surface area contributed by atoms with Gasteiger partial charge in [-0.1, -0.05) is 11.8 Å². The molecule has 0 spiro atoms.